The Labute approximate surface area is 101 Å². The largest absolute Gasteiger partial charge is 0.273 e. The summed E-state index contributed by atoms with van der Waals surface area (Å²) in [5.41, 5.74) is 4.69. The molecule has 3 nitrogen and oxygen atoms in total. The molecule has 3 heteroatoms. The second kappa shape index (κ2) is 5.43. The smallest absolute Gasteiger partial charge is 0.243 e. The first-order valence-electron chi connectivity index (χ1n) is 5.82. The lowest BCUT2D eigenvalue weighted by Crippen LogP contribution is -2.18. The summed E-state index contributed by atoms with van der Waals surface area (Å²) >= 11 is 0. The first-order valence-corrected chi connectivity index (χ1v) is 5.82. The van der Waals surface area contributed by atoms with Crippen molar-refractivity contribution in [3.63, 3.8) is 0 Å². The Hall–Kier alpha value is -1.90. The summed E-state index contributed by atoms with van der Waals surface area (Å²) in [4.78, 5) is 11.3. The maximum atomic E-state index is 11.3. The van der Waals surface area contributed by atoms with Crippen LogP contribution in [0.3, 0.4) is 0 Å². The van der Waals surface area contributed by atoms with Gasteiger partial charge in [-0.2, -0.15) is 5.10 Å². The highest BCUT2D eigenvalue weighted by molar-refractivity contribution is 5.87. The summed E-state index contributed by atoms with van der Waals surface area (Å²) in [7, 11) is 0. The predicted molar refractivity (Wildman–Crippen MR) is 69.5 cm³/mol. The molecule has 1 aromatic rings. The van der Waals surface area contributed by atoms with Gasteiger partial charge in [0, 0.05) is 5.92 Å². The van der Waals surface area contributed by atoms with Crippen molar-refractivity contribution in [1.82, 2.24) is 5.43 Å². The third kappa shape index (κ3) is 3.87. The van der Waals surface area contributed by atoms with E-state index in [2.05, 4.69) is 10.5 Å². The molecule has 0 saturated heterocycles. The number of hydrazone groups is 1. The van der Waals surface area contributed by atoms with Crippen LogP contribution in [0, 0.1) is 5.92 Å². The van der Waals surface area contributed by atoms with Crippen molar-refractivity contribution in [1.29, 1.82) is 0 Å². The molecule has 1 amide bonds. The molecule has 2 rings (SSSR count). The number of benzene rings is 1. The van der Waals surface area contributed by atoms with Crippen molar-refractivity contribution in [2.75, 3.05) is 0 Å². The number of allylic oxidation sites excluding steroid dienone is 1. The maximum Gasteiger partial charge on any atom is 0.243 e. The van der Waals surface area contributed by atoms with E-state index in [4.69, 9.17) is 0 Å². The van der Waals surface area contributed by atoms with Gasteiger partial charge >= 0.3 is 0 Å². The number of nitrogens with one attached hydrogen (secondary N) is 1. The summed E-state index contributed by atoms with van der Waals surface area (Å²) in [6.45, 7) is 1.96. The van der Waals surface area contributed by atoms with Crippen LogP contribution in [-0.2, 0) is 4.79 Å². The van der Waals surface area contributed by atoms with E-state index >= 15 is 0 Å². The lowest BCUT2D eigenvalue weighted by molar-refractivity contribution is -0.122. The average Bonchev–Trinajstić information content (AvgIpc) is 3.14. The average molecular weight is 228 g/mol. The van der Waals surface area contributed by atoms with Crippen molar-refractivity contribution in [2.24, 2.45) is 11.0 Å². The topological polar surface area (TPSA) is 41.5 Å². The van der Waals surface area contributed by atoms with Crippen molar-refractivity contribution >= 4 is 18.2 Å². The first-order chi connectivity index (χ1) is 8.25. The predicted octanol–water partition coefficient (Wildman–Crippen LogP) is 2.60. The van der Waals surface area contributed by atoms with Gasteiger partial charge < -0.3 is 0 Å². The number of hydrogen-bond acceptors (Lipinski definition) is 2. The zero-order valence-corrected chi connectivity index (χ0v) is 9.89. The van der Waals surface area contributed by atoms with E-state index in [1.165, 1.54) is 0 Å². The molecule has 1 aliphatic rings. The molecule has 17 heavy (non-hydrogen) atoms. The quantitative estimate of drug-likeness (QED) is 0.624. The molecule has 0 heterocycles. The number of carbonyl (C=O) groups is 1. The monoisotopic (exact) mass is 228 g/mol. The lowest BCUT2D eigenvalue weighted by Gasteiger charge is -1.96. The number of hydrogen-bond donors (Lipinski definition) is 1. The Morgan fingerprint density at radius 1 is 1.35 bits per heavy atom. The molecular formula is C14H16N2O. The normalized spacial score (nSPS) is 16.2. The molecule has 0 unspecified atom stereocenters. The van der Waals surface area contributed by atoms with Crippen LogP contribution < -0.4 is 5.43 Å². The number of amides is 1. The van der Waals surface area contributed by atoms with E-state index in [0.29, 0.717) is 0 Å². The molecule has 1 N–H and O–H groups in total. The van der Waals surface area contributed by atoms with Gasteiger partial charge in [-0.25, -0.2) is 5.43 Å². The van der Waals surface area contributed by atoms with Crippen LogP contribution in [0.15, 0.2) is 41.0 Å². The zero-order valence-electron chi connectivity index (χ0n) is 9.89. The molecule has 0 atom stereocenters. The van der Waals surface area contributed by atoms with Crippen LogP contribution >= 0.6 is 0 Å². The molecule has 0 radical (unpaired) electrons. The zero-order chi connectivity index (χ0) is 12.1. The highest BCUT2D eigenvalue weighted by Crippen LogP contribution is 2.28. The fraction of sp³-hybridized carbons (Fsp3) is 0.286. The Kier molecular flexibility index (Phi) is 3.70. The molecule has 0 aliphatic heterocycles. The molecule has 0 spiro atoms. The van der Waals surface area contributed by atoms with Gasteiger partial charge in [0.05, 0.1) is 6.21 Å². The second-order valence-corrected chi connectivity index (χ2v) is 4.31. The maximum absolute atomic E-state index is 11.3. The SMILES string of the molecule is CC(/C=N\NC(=O)C1CC1)=C\c1ccccc1. The number of carbonyl (C=O) groups excluding carboxylic acids is 1. The fourth-order valence-electron chi connectivity index (χ4n) is 1.48. The van der Waals surface area contributed by atoms with Gasteiger partial charge in [-0.3, -0.25) is 4.79 Å². The van der Waals surface area contributed by atoms with Crippen LogP contribution in [0.1, 0.15) is 25.3 Å². The van der Waals surface area contributed by atoms with Crippen molar-refractivity contribution in [3.8, 4) is 0 Å². The van der Waals surface area contributed by atoms with E-state index in [0.717, 1.165) is 24.0 Å². The highest BCUT2D eigenvalue weighted by Gasteiger charge is 2.29. The van der Waals surface area contributed by atoms with Gasteiger partial charge in [0.25, 0.3) is 0 Å². The van der Waals surface area contributed by atoms with E-state index in [1.807, 2.05) is 43.3 Å². The minimum Gasteiger partial charge on any atom is -0.273 e. The van der Waals surface area contributed by atoms with Crippen molar-refractivity contribution < 1.29 is 4.79 Å². The van der Waals surface area contributed by atoms with Crippen LogP contribution in [0.2, 0.25) is 0 Å². The summed E-state index contributed by atoms with van der Waals surface area (Å²) in [6.07, 6.45) is 5.69. The van der Waals surface area contributed by atoms with Crippen LogP contribution in [0.4, 0.5) is 0 Å². The first kappa shape index (κ1) is 11.6. The number of rotatable bonds is 4. The van der Waals surface area contributed by atoms with E-state index in [9.17, 15) is 4.79 Å². The van der Waals surface area contributed by atoms with Gasteiger partial charge in [-0.15, -0.1) is 0 Å². The van der Waals surface area contributed by atoms with Gasteiger partial charge in [-0.05, 0) is 30.9 Å². The number of nitrogens with zero attached hydrogens (tertiary/aromatic N) is 1. The second-order valence-electron chi connectivity index (χ2n) is 4.31. The molecule has 0 bridgehead atoms. The Bertz CT molecular complexity index is 445. The fourth-order valence-corrected chi connectivity index (χ4v) is 1.48. The van der Waals surface area contributed by atoms with Crippen LogP contribution in [-0.4, -0.2) is 12.1 Å². The van der Waals surface area contributed by atoms with Crippen molar-refractivity contribution in [3.05, 3.63) is 41.5 Å². The molecule has 1 fully saturated rings. The van der Waals surface area contributed by atoms with E-state index in [1.54, 1.807) is 6.21 Å². The van der Waals surface area contributed by atoms with E-state index in [-0.39, 0.29) is 11.8 Å². The molecule has 1 aliphatic carbocycles. The minimum absolute atomic E-state index is 0.0359. The van der Waals surface area contributed by atoms with Crippen LogP contribution in [0.25, 0.3) is 6.08 Å². The minimum atomic E-state index is 0.0359. The Balaban J connectivity index is 1.87. The third-order valence-corrected chi connectivity index (χ3v) is 2.58. The molecule has 88 valence electrons. The Morgan fingerprint density at radius 3 is 2.71 bits per heavy atom. The summed E-state index contributed by atoms with van der Waals surface area (Å²) < 4.78 is 0. The molecule has 1 saturated carbocycles. The summed E-state index contributed by atoms with van der Waals surface area (Å²) in [5.74, 6) is 0.235. The van der Waals surface area contributed by atoms with Crippen molar-refractivity contribution in [2.45, 2.75) is 19.8 Å². The van der Waals surface area contributed by atoms with E-state index < -0.39 is 0 Å². The standard InChI is InChI=1S/C14H16N2O/c1-11(9-12-5-3-2-4-6-12)10-15-16-14(17)13-7-8-13/h2-6,9-10,13H,7-8H2,1H3,(H,16,17)/b11-9+,15-10-. The third-order valence-electron chi connectivity index (χ3n) is 2.58. The van der Waals surface area contributed by atoms with Gasteiger partial charge in [0.2, 0.25) is 5.91 Å². The van der Waals surface area contributed by atoms with Gasteiger partial charge in [0.1, 0.15) is 0 Å². The molecule has 0 aromatic heterocycles. The van der Waals surface area contributed by atoms with Gasteiger partial charge in [-0.1, -0.05) is 36.4 Å². The lowest BCUT2D eigenvalue weighted by atomic mass is 10.1. The summed E-state index contributed by atoms with van der Waals surface area (Å²) in [5, 5.41) is 3.94. The molecular weight excluding hydrogens is 212 g/mol. The van der Waals surface area contributed by atoms with Crippen LogP contribution in [0.5, 0.6) is 0 Å². The molecule has 1 aromatic carbocycles. The Morgan fingerprint density at radius 2 is 2.06 bits per heavy atom. The highest BCUT2D eigenvalue weighted by atomic mass is 16.2. The van der Waals surface area contributed by atoms with Gasteiger partial charge in [0.15, 0.2) is 0 Å². The summed E-state index contributed by atoms with van der Waals surface area (Å²) in [6, 6.07) is 10.0.